The fourth-order valence-corrected chi connectivity index (χ4v) is 2.97. The molecule has 2 aromatic carbocycles. The molecule has 0 aliphatic carbocycles. The van der Waals surface area contributed by atoms with E-state index in [2.05, 4.69) is 15.8 Å². The van der Waals surface area contributed by atoms with E-state index in [1.165, 1.54) is 6.07 Å². The number of hydrogen-bond acceptors (Lipinski definition) is 2. The Morgan fingerprint density at radius 2 is 2.04 bits per heavy atom. The molecule has 3 rings (SSSR count). The SMILES string of the molecule is Cc1ccc(NC(=S)N/N=C\c2cccn2Cc2ccccc2F)c(Cl)c1. The maximum atomic E-state index is 13.8. The number of aromatic nitrogens is 1. The predicted molar refractivity (Wildman–Crippen MR) is 113 cm³/mol. The molecular weight excluding hydrogens is 383 g/mol. The van der Waals surface area contributed by atoms with Crippen molar-refractivity contribution in [2.24, 2.45) is 5.10 Å². The van der Waals surface area contributed by atoms with Crippen LogP contribution in [0.2, 0.25) is 5.02 Å². The van der Waals surface area contributed by atoms with Crippen molar-refractivity contribution in [2.75, 3.05) is 5.32 Å². The maximum Gasteiger partial charge on any atom is 0.191 e. The number of thiocarbonyl (C=S) groups is 1. The van der Waals surface area contributed by atoms with E-state index >= 15 is 0 Å². The van der Waals surface area contributed by atoms with Crippen LogP contribution in [0.15, 0.2) is 65.9 Å². The lowest BCUT2D eigenvalue weighted by Crippen LogP contribution is -2.24. The van der Waals surface area contributed by atoms with E-state index in [0.29, 0.717) is 27.9 Å². The number of benzene rings is 2. The highest BCUT2D eigenvalue weighted by molar-refractivity contribution is 7.80. The molecule has 0 aliphatic heterocycles. The van der Waals surface area contributed by atoms with Crippen LogP contribution in [0.25, 0.3) is 0 Å². The maximum absolute atomic E-state index is 13.8. The smallest absolute Gasteiger partial charge is 0.191 e. The Morgan fingerprint density at radius 1 is 1.22 bits per heavy atom. The first-order chi connectivity index (χ1) is 13.0. The number of hydrazone groups is 1. The van der Waals surface area contributed by atoms with Crippen molar-refractivity contribution in [3.63, 3.8) is 0 Å². The molecule has 0 saturated heterocycles. The first-order valence-corrected chi connectivity index (χ1v) is 9.06. The van der Waals surface area contributed by atoms with Crippen LogP contribution in [-0.2, 0) is 6.54 Å². The van der Waals surface area contributed by atoms with Crippen molar-refractivity contribution < 1.29 is 4.39 Å². The van der Waals surface area contributed by atoms with Crippen LogP contribution in [0.5, 0.6) is 0 Å². The Balaban J connectivity index is 1.61. The van der Waals surface area contributed by atoms with Crippen molar-refractivity contribution in [1.82, 2.24) is 9.99 Å². The molecule has 2 N–H and O–H groups in total. The monoisotopic (exact) mass is 400 g/mol. The lowest BCUT2D eigenvalue weighted by atomic mass is 10.2. The average Bonchev–Trinajstić information content (AvgIpc) is 3.06. The Morgan fingerprint density at radius 3 is 2.81 bits per heavy atom. The van der Waals surface area contributed by atoms with Crippen LogP contribution in [0, 0.1) is 12.7 Å². The van der Waals surface area contributed by atoms with Gasteiger partial charge in [-0.1, -0.05) is 35.9 Å². The van der Waals surface area contributed by atoms with E-state index in [1.807, 2.05) is 54.1 Å². The number of nitrogens with one attached hydrogen (secondary N) is 2. The predicted octanol–water partition coefficient (Wildman–Crippen LogP) is 4.96. The molecule has 0 atom stereocenters. The van der Waals surface area contributed by atoms with E-state index < -0.39 is 0 Å². The Bertz CT molecular complexity index is 984. The second-order valence-corrected chi connectivity index (χ2v) is 6.78. The van der Waals surface area contributed by atoms with Gasteiger partial charge in [-0.3, -0.25) is 5.43 Å². The fraction of sp³-hybridized carbons (Fsp3) is 0.100. The number of halogens is 2. The van der Waals surface area contributed by atoms with Gasteiger partial charge in [0.1, 0.15) is 5.82 Å². The number of aryl methyl sites for hydroxylation is 1. The molecular formula is C20H18ClFN4S. The van der Waals surface area contributed by atoms with Crippen molar-refractivity contribution in [1.29, 1.82) is 0 Å². The zero-order chi connectivity index (χ0) is 19.2. The molecule has 138 valence electrons. The quantitative estimate of drug-likeness (QED) is 0.361. The molecule has 3 aromatic rings. The molecule has 4 nitrogen and oxygen atoms in total. The van der Waals surface area contributed by atoms with Crippen LogP contribution in [0.1, 0.15) is 16.8 Å². The van der Waals surface area contributed by atoms with Crippen LogP contribution in [0.3, 0.4) is 0 Å². The van der Waals surface area contributed by atoms with E-state index in [1.54, 1.807) is 18.3 Å². The lowest BCUT2D eigenvalue weighted by molar-refractivity contribution is 0.599. The summed E-state index contributed by atoms with van der Waals surface area (Å²) in [6, 6.07) is 16.1. The minimum atomic E-state index is -0.229. The Kier molecular flexibility index (Phi) is 6.21. The lowest BCUT2D eigenvalue weighted by Gasteiger charge is -2.10. The molecule has 0 aliphatic rings. The topological polar surface area (TPSA) is 41.4 Å². The van der Waals surface area contributed by atoms with Crippen molar-refractivity contribution >= 4 is 40.8 Å². The number of nitrogens with zero attached hydrogens (tertiary/aromatic N) is 2. The summed E-state index contributed by atoms with van der Waals surface area (Å²) in [5.74, 6) is -0.229. The van der Waals surface area contributed by atoms with Crippen LogP contribution in [0.4, 0.5) is 10.1 Å². The average molecular weight is 401 g/mol. The largest absolute Gasteiger partial charge is 0.342 e. The molecule has 1 aromatic heterocycles. The fourth-order valence-electron chi connectivity index (χ4n) is 2.53. The third-order valence-corrected chi connectivity index (χ3v) is 4.40. The summed E-state index contributed by atoms with van der Waals surface area (Å²) in [4.78, 5) is 0. The molecule has 0 unspecified atom stereocenters. The zero-order valence-electron chi connectivity index (χ0n) is 14.6. The van der Waals surface area contributed by atoms with Crippen molar-refractivity contribution in [3.8, 4) is 0 Å². The summed E-state index contributed by atoms with van der Waals surface area (Å²) >= 11 is 11.4. The molecule has 0 amide bonds. The molecule has 0 saturated carbocycles. The van der Waals surface area contributed by atoms with Gasteiger partial charge in [-0.2, -0.15) is 5.10 Å². The second-order valence-electron chi connectivity index (χ2n) is 5.96. The van der Waals surface area contributed by atoms with Gasteiger partial charge >= 0.3 is 0 Å². The third kappa shape index (κ3) is 5.15. The number of anilines is 1. The van der Waals surface area contributed by atoms with Gasteiger partial charge in [-0.15, -0.1) is 0 Å². The minimum Gasteiger partial charge on any atom is -0.342 e. The molecule has 0 fully saturated rings. The van der Waals surface area contributed by atoms with Crippen LogP contribution < -0.4 is 10.7 Å². The van der Waals surface area contributed by atoms with E-state index in [-0.39, 0.29) is 5.82 Å². The van der Waals surface area contributed by atoms with Crippen molar-refractivity contribution in [2.45, 2.75) is 13.5 Å². The highest BCUT2D eigenvalue weighted by Crippen LogP contribution is 2.22. The summed E-state index contributed by atoms with van der Waals surface area (Å²) in [5, 5.41) is 8.05. The Hall–Kier alpha value is -2.70. The van der Waals surface area contributed by atoms with Crippen molar-refractivity contribution in [3.05, 3.63) is 88.5 Å². The molecule has 0 spiro atoms. The minimum absolute atomic E-state index is 0.229. The summed E-state index contributed by atoms with van der Waals surface area (Å²) in [6.07, 6.45) is 3.50. The standard InChI is InChI=1S/C20H18ClFN4S/c1-14-8-9-19(17(21)11-14)24-20(27)25-23-12-16-6-4-10-26(16)13-15-5-2-3-7-18(15)22/h2-12H,13H2,1H3,(H2,24,25,27)/b23-12-. The normalized spacial score (nSPS) is 10.9. The van der Waals surface area contributed by atoms with Gasteiger partial charge in [0.05, 0.1) is 29.2 Å². The molecule has 0 bridgehead atoms. The number of rotatable bonds is 5. The molecule has 1 heterocycles. The van der Waals surface area contributed by atoms with Gasteiger partial charge in [-0.25, -0.2) is 4.39 Å². The summed E-state index contributed by atoms with van der Waals surface area (Å²) in [7, 11) is 0. The first kappa shape index (κ1) is 19.1. The molecule has 27 heavy (non-hydrogen) atoms. The van der Waals surface area contributed by atoms with E-state index in [9.17, 15) is 4.39 Å². The summed E-state index contributed by atoms with van der Waals surface area (Å²) in [6.45, 7) is 2.38. The number of hydrogen-bond donors (Lipinski definition) is 2. The second kappa shape index (κ2) is 8.79. The summed E-state index contributed by atoms with van der Waals surface area (Å²) < 4.78 is 15.7. The van der Waals surface area contributed by atoms with Gasteiger partial charge in [0.25, 0.3) is 0 Å². The van der Waals surface area contributed by atoms with Gasteiger partial charge in [-0.05, 0) is 55.0 Å². The van der Waals surface area contributed by atoms with Gasteiger partial charge in [0.2, 0.25) is 0 Å². The van der Waals surface area contributed by atoms with Crippen LogP contribution >= 0.6 is 23.8 Å². The highest BCUT2D eigenvalue weighted by Gasteiger charge is 2.05. The summed E-state index contributed by atoms with van der Waals surface area (Å²) in [5.41, 5.74) is 5.97. The zero-order valence-corrected chi connectivity index (χ0v) is 16.2. The Labute approximate surface area is 167 Å². The van der Waals surface area contributed by atoms with Crippen LogP contribution in [-0.4, -0.2) is 15.9 Å². The first-order valence-electron chi connectivity index (χ1n) is 8.27. The molecule has 0 radical (unpaired) electrons. The van der Waals surface area contributed by atoms with E-state index in [0.717, 1.165) is 11.3 Å². The van der Waals surface area contributed by atoms with E-state index in [4.69, 9.17) is 23.8 Å². The van der Waals surface area contributed by atoms with Gasteiger partial charge in [0, 0.05) is 11.8 Å². The molecule has 7 heteroatoms. The van der Waals surface area contributed by atoms with Gasteiger partial charge in [0.15, 0.2) is 5.11 Å². The highest BCUT2D eigenvalue weighted by atomic mass is 35.5. The van der Waals surface area contributed by atoms with Gasteiger partial charge < -0.3 is 9.88 Å². The third-order valence-electron chi connectivity index (χ3n) is 3.90.